The molecule has 0 aliphatic heterocycles. The minimum atomic E-state index is 0.567. The van der Waals surface area contributed by atoms with E-state index < -0.39 is 0 Å². The maximum atomic E-state index is 5.92. The second-order valence-electron chi connectivity index (χ2n) is 11.5. The largest absolute Gasteiger partial charge is 0.386 e. The molecule has 7 atom stereocenters. The molecule has 0 saturated heterocycles. The van der Waals surface area contributed by atoms with Gasteiger partial charge in [-0.1, -0.05) is 75.2 Å². The average Bonchev–Trinajstić information content (AvgIpc) is 3.20. The Morgan fingerprint density at radius 3 is 2.12 bits per heavy atom. The number of hydrogen-bond donors (Lipinski definition) is 3. The summed E-state index contributed by atoms with van der Waals surface area (Å²) in [6, 6.07) is 0. The zero-order valence-corrected chi connectivity index (χ0v) is 24.6. The zero-order valence-electron chi connectivity index (χ0n) is 24.6. The molecule has 0 spiro atoms. The van der Waals surface area contributed by atoms with Crippen molar-refractivity contribution in [1.82, 2.24) is 5.53 Å². The molecule has 0 bridgehead atoms. The SMILES string of the molecule is CC.CC.CC.C[C@]12CCC3[C@@H](CC[C@]4(C)CCCC[C@]34C)C1CCC2CCC/C(N)=N/NN. The van der Waals surface area contributed by atoms with Crippen molar-refractivity contribution in [1.29, 1.82) is 0 Å². The van der Waals surface area contributed by atoms with Crippen molar-refractivity contribution in [3.63, 3.8) is 0 Å². The number of hydrazine groups is 1. The van der Waals surface area contributed by atoms with Crippen molar-refractivity contribution in [2.45, 2.75) is 146 Å². The Bertz CT molecular complexity index is 605. The van der Waals surface area contributed by atoms with Crippen molar-refractivity contribution < 1.29 is 0 Å². The third-order valence-electron chi connectivity index (χ3n) is 10.7. The molecule has 0 aromatic rings. The fourth-order valence-electron chi connectivity index (χ4n) is 8.86. The van der Waals surface area contributed by atoms with E-state index in [1.807, 2.05) is 41.5 Å². The van der Waals surface area contributed by atoms with E-state index >= 15 is 0 Å². The molecule has 4 heteroatoms. The Balaban J connectivity index is 0.000000894. The molecule has 0 amide bonds. The summed E-state index contributed by atoms with van der Waals surface area (Å²) in [6.07, 6.45) is 18.1. The molecule has 0 radical (unpaired) electrons. The molecule has 0 heterocycles. The van der Waals surface area contributed by atoms with E-state index in [0.29, 0.717) is 22.1 Å². The summed E-state index contributed by atoms with van der Waals surface area (Å²) in [4.78, 5) is 0. The van der Waals surface area contributed by atoms with Gasteiger partial charge in [-0.05, 0) is 104 Å². The first-order valence-electron chi connectivity index (χ1n) is 15.1. The van der Waals surface area contributed by atoms with Crippen molar-refractivity contribution in [3.05, 3.63) is 0 Å². The highest BCUT2D eigenvalue weighted by Gasteiger charge is 2.62. The van der Waals surface area contributed by atoms with Gasteiger partial charge in [-0.25, -0.2) is 11.4 Å². The summed E-state index contributed by atoms with van der Waals surface area (Å²) in [5, 5.41) is 3.92. The summed E-state index contributed by atoms with van der Waals surface area (Å²) in [5.74, 6) is 9.71. The third kappa shape index (κ3) is 5.95. The predicted molar refractivity (Wildman–Crippen MR) is 151 cm³/mol. The van der Waals surface area contributed by atoms with Gasteiger partial charge in [0.2, 0.25) is 0 Å². The number of nitrogens with zero attached hydrogens (tertiary/aromatic N) is 1. The molecule has 4 rings (SSSR count). The number of amidine groups is 1. The average molecular weight is 479 g/mol. The first-order valence-corrected chi connectivity index (χ1v) is 15.1. The molecule has 4 fully saturated rings. The number of nitrogens with one attached hydrogen (secondary N) is 1. The van der Waals surface area contributed by atoms with Crippen LogP contribution < -0.4 is 17.1 Å². The summed E-state index contributed by atoms with van der Waals surface area (Å²) >= 11 is 0. The summed E-state index contributed by atoms with van der Waals surface area (Å²) in [6.45, 7) is 20.0. The van der Waals surface area contributed by atoms with Gasteiger partial charge in [-0.2, -0.15) is 5.10 Å². The van der Waals surface area contributed by atoms with E-state index in [9.17, 15) is 0 Å². The highest BCUT2D eigenvalue weighted by atomic mass is 15.5. The van der Waals surface area contributed by atoms with Crippen LogP contribution in [-0.4, -0.2) is 5.84 Å². The standard InChI is InChI=1S/C24H44N4.3C2H6/c1-22-13-4-5-14-24(22,3)20-12-16-23(2)17(7-6-8-21(25)27-28-26)9-10-19(23)18(20)11-15-22;3*1-2/h17-20,28H,4-16,26H2,1-3H3,(H2,25,27);3*1-2H3/t17?,18-,19?,20?,22-,23+,24+;;;/m0.../s1. The third-order valence-corrected chi connectivity index (χ3v) is 10.7. The monoisotopic (exact) mass is 478 g/mol. The van der Waals surface area contributed by atoms with Gasteiger partial charge in [0, 0.05) is 6.42 Å². The quantitative estimate of drug-likeness (QED) is 0.161. The Labute approximate surface area is 213 Å². The van der Waals surface area contributed by atoms with Crippen LogP contribution >= 0.6 is 0 Å². The molecular formula is C30H62N4. The van der Waals surface area contributed by atoms with Gasteiger partial charge in [-0.15, -0.1) is 0 Å². The molecule has 0 aromatic carbocycles. The first-order chi connectivity index (χ1) is 16.3. The van der Waals surface area contributed by atoms with Gasteiger partial charge in [-0.3, -0.25) is 0 Å². The molecule has 202 valence electrons. The van der Waals surface area contributed by atoms with Crippen molar-refractivity contribution in [3.8, 4) is 0 Å². The van der Waals surface area contributed by atoms with Crippen LogP contribution in [0.1, 0.15) is 146 Å². The number of hydrazone groups is 1. The smallest absolute Gasteiger partial charge is 0.121 e. The molecule has 4 saturated carbocycles. The fraction of sp³-hybridized carbons (Fsp3) is 0.967. The number of rotatable bonds is 5. The Hall–Kier alpha value is -0.770. The minimum Gasteiger partial charge on any atom is -0.386 e. The molecule has 4 nitrogen and oxygen atoms in total. The summed E-state index contributed by atoms with van der Waals surface area (Å²) in [7, 11) is 0. The molecule has 3 unspecified atom stereocenters. The van der Waals surface area contributed by atoms with Crippen LogP contribution in [-0.2, 0) is 0 Å². The van der Waals surface area contributed by atoms with Crippen molar-refractivity contribution in [2.24, 2.45) is 56.6 Å². The van der Waals surface area contributed by atoms with Gasteiger partial charge >= 0.3 is 0 Å². The van der Waals surface area contributed by atoms with Crippen LogP contribution in [0.25, 0.3) is 0 Å². The Morgan fingerprint density at radius 1 is 0.824 bits per heavy atom. The van der Waals surface area contributed by atoms with Gasteiger partial charge in [0.15, 0.2) is 0 Å². The van der Waals surface area contributed by atoms with Crippen LogP contribution in [0.4, 0.5) is 0 Å². The van der Waals surface area contributed by atoms with E-state index in [2.05, 4.69) is 31.4 Å². The van der Waals surface area contributed by atoms with Gasteiger partial charge in [0.1, 0.15) is 5.84 Å². The van der Waals surface area contributed by atoms with Crippen LogP contribution in [0.2, 0.25) is 0 Å². The summed E-state index contributed by atoms with van der Waals surface area (Å²) < 4.78 is 0. The molecule has 0 aromatic heterocycles. The van der Waals surface area contributed by atoms with E-state index in [1.54, 1.807) is 0 Å². The lowest BCUT2D eigenvalue weighted by Crippen LogP contribution is -2.56. The van der Waals surface area contributed by atoms with Gasteiger partial charge in [0.25, 0.3) is 0 Å². The van der Waals surface area contributed by atoms with E-state index in [1.165, 1.54) is 70.6 Å². The van der Waals surface area contributed by atoms with Gasteiger partial charge in [0.05, 0.1) is 0 Å². The number of hydrogen-bond acceptors (Lipinski definition) is 3. The number of nitrogens with two attached hydrogens (primary N) is 2. The lowest BCUT2D eigenvalue weighted by molar-refractivity contribution is -0.152. The molecule has 4 aliphatic carbocycles. The second-order valence-corrected chi connectivity index (χ2v) is 11.5. The van der Waals surface area contributed by atoms with Gasteiger partial charge < -0.3 is 5.73 Å². The number of fused-ring (bicyclic) bond motifs is 5. The highest BCUT2D eigenvalue weighted by molar-refractivity contribution is 5.79. The highest BCUT2D eigenvalue weighted by Crippen LogP contribution is 2.70. The molecule has 5 N–H and O–H groups in total. The molecular weight excluding hydrogens is 416 g/mol. The first kappa shape index (κ1) is 31.3. The maximum Gasteiger partial charge on any atom is 0.121 e. The van der Waals surface area contributed by atoms with E-state index in [4.69, 9.17) is 11.6 Å². The lowest BCUT2D eigenvalue weighted by atomic mass is 9.40. The van der Waals surface area contributed by atoms with Crippen molar-refractivity contribution in [2.75, 3.05) is 0 Å². The zero-order chi connectivity index (χ0) is 26.0. The Kier molecular flexibility index (Phi) is 13.0. The fourth-order valence-corrected chi connectivity index (χ4v) is 8.86. The molecule has 34 heavy (non-hydrogen) atoms. The maximum absolute atomic E-state index is 5.92. The molecule has 4 aliphatic rings. The topological polar surface area (TPSA) is 76.4 Å². The van der Waals surface area contributed by atoms with E-state index in [-0.39, 0.29) is 0 Å². The summed E-state index contributed by atoms with van der Waals surface area (Å²) in [5.41, 5.74) is 10.0. The van der Waals surface area contributed by atoms with Crippen LogP contribution in [0.3, 0.4) is 0 Å². The van der Waals surface area contributed by atoms with E-state index in [0.717, 1.165) is 36.5 Å². The van der Waals surface area contributed by atoms with Crippen LogP contribution in [0.5, 0.6) is 0 Å². The predicted octanol–water partition coefficient (Wildman–Crippen LogP) is 8.41. The van der Waals surface area contributed by atoms with Crippen LogP contribution in [0, 0.1) is 39.9 Å². The Morgan fingerprint density at radius 2 is 1.47 bits per heavy atom. The van der Waals surface area contributed by atoms with Crippen molar-refractivity contribution >= 4 is 5.84 Å². The normalized spacial score (nSPS) is 40.5. The second kappa shape index (κ2) is 14.1. The lowest BCUT2D eigenvalue weighted by Gasteiger charge is -2.64. The van der Waals surface area contributed by atoms with Crippen LogP contribution in [0.15, 0.2) is 5.10 Å². The minimum absolute atomic E-state index is 0.567.